The third-order valence-corrected chi connectivity index (χ3v) is 5.90. The van der Waals surface area contributed by atoms with Crippen LogP contribution in [0.25, 0.3) is 33.6 Å². The SMILES string of the molecule is CCN1CCN(C(=O)c2cc(-c3ccccc3)nc3onc(-c4ccccc4)c23)CC1. The normalized spacial score (nSPS) is 14.8. The minimum absolute atomic E-state index is 0.000662. The Bertz CT molecular complexity index is 1200. The van der Waals surface area contributed by atoms with Gasteiger partial charge >= 0.3 is 0 Å². The average Bonchev–Trinajstić information content (AvgIpc) is 3.28. The third kappa shape index (κ3) is 3.70. The van der Waals surface area contributed by atoms with Crippen molar-refractivity contribution in [1.82, 2.24) is 19.9 Å². The van der Waals surface area contributed by atoms with Crippen LogP contribution in [0, 0.1) is 0 Å². The molecule has 1 amide bonds. The molecule has 2 aromatic heterocycles. The second-order valence-corrected chi connectivity index (χ2v) is 7.72. The summed E-state index contributed by atoms with van der Waals surface area (Å²) >= 11 is 0. The summed E-state index contributed by atoms with van der Waals surface area (Å²) in [6, 6.07) is 21.5. The van der Waals surface area contributed by atoms with E-state index in [1.165, 1.54) is 0 Å². The average molecular weight is 412 g/mol. The van der Waals surface area contributed by atoms with Gasteiger partial charge in [0.15, 0.2) is 0 Å². The number of aromatic nitrogens is 2. The molecule has 0 atom stereocenters. The lowest BCUT2D eigenvalue weighted by atomic mass is 10.0. The number of hydrogen-bond acceptors (Lipinski definition) is 5. The van der Waals surface area contributed by atoms with Crippen LogP contribution in [0.3, 0.4) is 0 Å². The van der Waals surface area contributed by atoms with Crippen molar-refractivity contribution in [2.24, 2.45) is 0 Å². The van der Waals surface area contributed by atoms with Gasteiger partial charge in [-0.1, -0.05) is 72.7 Å². The van der Waals surface area contributed by atoms with E-state index in [0.717, 1.165) is 30.8 Å². The molecular formula is C25H24N4O2. The van der Waals surface area contributed by atoms with E-state index in [-0.39, 0.29) is 5.91 Å². The van der Waals surface area contributed by atoms with Crippen molar-refractivity contribution >= 4 is 17.0 Å². The van der Waals surface area contributed by atoms with Crippen molar-refractivity contribution in [1.29, 1.82) is 0 Å². The minimum atomic E-state index is 0.000662. The largest absolute Gasteiger partial charge is 0.336 e. The second kappa shape index (κ2) is 8.32. The molecule has 1 aliphatic heterocycles. The Morgan fingerprint density at radius 3 is 2.23 bits per heavy atom. The second-order valence-electron chi connectivity index (χ2n) is 7.72. The molecule has 6 nitrogen and oxygen atoms in total. The van der Waals surface area contributed by atoms with Crippen LogP contribution in [0.1, 0.15) is 17.3 Å². The van der Waals surface area contributed by atoms with Crippen LogP contribution >= 0.6 is 0 Å². The Labute approximate surface area is 181 Å². The van der Waals surface area contributed by atoms with E-state index in [1.54, 1.807) is 0 Å². The highest BCUT2D eigenvalue weighted by Crippen LogP contribution is 2.33. The summed E-state index contributed by atoms with van der Waals surface area (Å²) in [7, 11) is 0. The number of amides is 1. The highest BCUT2D eigenvalue weighted by atomic mass is 16.5. The molecule has 156 valence electrons. The fraction of sp³-hybridized carbons (Fsp3) is 0.240. The molecule has 0 unspecified atom stereocenters. The Balaban J connectivity index is 1.64. The molecular weight excluding hydrogens is 388 g/mol. The van der Waals surface area contributed by atoms with Gasteiger partial charge in [-0.05, 0) is 12.6 Å². The van der Waals surface area contributed by atoms with Gasteiger partial charge in [-0.15, -0.1) is 0 Å². The molecule has 0 N–H and O–H groups in total. The molecule has 31 heavy (non-hydrogen) atoms. The van der Waals surface area contributed by atoms with Gasteiger partial charge < -0.3 is 14.3 Å². The van der Waals surface area contributed by atoms with Crippen molar-refractivity contribution in [2.45, 2.75) is 6.92 Å². The number of carbonyl (C=O) groups is 1. The highest BCUT2D eigenvalue weighted by molar-refractivity contribution is 6.10. The molecule has 0 spiro atoms. The molecule has 3 heterocycles. The number of fused-ring (bicyclic) bond motifs is 1. The first-order valence-corrected chi connectivity index (χ1v) is 10.7. The van der Waals surface area contributed by atoms with Crippen molar-refractivity contribution in [3.05, 3.63) is 72.3 Å². The predicted molar refractivity (Wildman–Crippen MR) is 121 cm³/mol. The van der Waals surface area contributed by atoms with Gasteiger partial charge in [0.2, 0.25) is 0 Å². The van der Waals surface area contributed by atoms with Crippen LogP contribution in [-0.2, 0) is 0 Å². The first-order chi connectivity index (χ1) is 15.2. The Morgan fingerprint density at radius 1 is 0.935 bits per heavy atom. The summed E-state index contributed by atoms with van der Waals surface area (Å²) in [4.78, 5) is 22.7. The zero-order chi connectivity index (χ0) is 21.2. The van der Waals surface area contributed by atoms with Gasteiger partial charge in [-0.3, -0.25) is 4.79 Å². The molecule has 4 aromatic rings. The first kappa shape index (κ1) is 19.5. The molecule has 1 saturated heterocycles. The monoisotopic (exact) mass is 412 g/mol. The number of nitrogens with zero attached hydrogens (tertiary/aromatic N) is 4. The van der Waals surface area contributed by atoms with Gasteiger partial charge in [-0.25, -0.2) is 4.98 Å². The van der Waals surface area contributed by atoms with Crippen LogP contribution in [-0.4, -0.2) is 58.6 Å². The third-order valence-electron chi connectivity index (χ3n) is 5.90. The molecule has 0 saturated carbocycles. The molecule has 5 rings (SSSR count). The highest BCUT2D eigenvalue weighted by Gasteiger charge is 2.27. The molecule has 0 radical (unpaired) electrons. The summed E-state index contributed by atoms with van der Waals surface area (Å²) in [5.41, 5.74) is 4.18. The summed E-state index contributed by atoms with van der Waals surface area (Å²) in [6.07, 6.45) is 0. The predicted octanol–water partition coefficient (Wildman–Crippen LogP) is 4.33. The number of likely N-dealkylation sites (N-methyl/N-ethyl adjacent to an activating group) is 1. The number of carbonyl (C=O) groups excluding carboxylic acids is 1. The maximum Gasteiger partial charge on any atom is 0.259 e. The number of piperazine rings is 1. The van der Waals surface area contributed by atoms with Gasteiger partial charge in [0, 0.05) is 37.3 Å². The van der Waals surface area contributed by atoms with Gasteiger partial charge in [0.05, 0.1) is 16.6 Å². The fourth-order valence-electron chi connectivity index (χ4n) is 4.11. The summed E-state index contributed by atoms with van der Waals surface area (Å²) in [6.45, 7) is 6.35. The fourth-order valence-corrected chi connectivity index (χ4v) is 4.11. The summed E-state index contributed by atoms with van der Waals surface area (Å²) in [5, 5.41) is 4.97. The molecule has 0 bridgehead atoms. The maximum absolute atomic E-state index is 13.7. The lowest BCUT2D eigenvalue weighted by Crippen LogP contribution is -2.48. The lowest BCUT2D eigenvalue weighted by Gasteiger charge is -2.34. The van der Waals surface area contributed by atoms with Crippen LogP contribution in [0.4, 0.5) is 0 Å². The topological polar surface area (TPSA) is 62.5 Å². The smallest absolute Gasteiger partial charge is 0.259 e. The van der Waals surface area contributed by atoms with Gasteiger partial charge in [0.25, 0.3) is 11.6 Å². The van der Waals surface area contributed by atoms with E-state index >= 15 is 0 Å². The Morgan fingerprint density at radius 2 is 1.58 bits per heavy atom. The van der Waals surface area contributed by atoms with Crippen LogP contribution in [0.15, 0.2) is 71.3 Å². The van der Waals surface area contributed by atoms with E-state index in [9.17, 15) is 4.79 Å². The zero-order valence-electron chi connectivity index (χ0n) is 17.5. The summed E-state index contributed by atoms with van der Waals surface area (Å²) in [5.74, 6) is 0.000662. The van der Waals surface area contributed by atoms with Gasteiger partial charge in [-0.2, -0.15) is 0 Å². The molecule has 1 aliphatic rings. The van der Waals surface area contributed by atoms with Crippen molar-refractivity contribution in [2.75, 3.05) is 32.7 Å². The van der Waals surface area contributed by atoms with Crippen LogP contribution < -0.4 is 0 Å². The van der Waals surface area contributed by atoms with E-state index in [4.69, 9.17) is 9.51 Å². The Hall–Kier alpha value is -3.51. The Kier molecular flexibility index (Phi) is 5.22. The molecule has 0 aliphatic carbocycles. The zero-order valence-corrected chi connectivity index (χ0v) is 17.5. The van der Waals surface area contributed by atoms with Crippen LogP contribution in [0.2, 0.25) is 0 Å². The molecule has 1 fully saturated rings. The van der Waals surface area contributed by atoms with E-state index in [2.05, 4.69) is 17.0 Å². The number of benzene rings is 2. The van der Waals surface area contributed by atoms with Crippen molar-refractivity contribution < 1.29 is 9.32 Å². The minimum Gasteiger partial charge on any atom is -0.336 e. The standard InChI is InChI=1S/C25H24N4O2/c1-2-28-13-15-29(16-14-28)25(30)20-17-21(18-9-5-3-6-10-18)26-24-22(20)23(27-31-24)19-11-7-4-8-12-19/h3-12,17H,2,13-16H2,1H3. The van der Waals surface area contributed by atoms with E-state index in [0.29, 0.717) is 41.1 Å². The van der Waals surface area contributed by atoms with Crippen LogP contribution in [0.5, 0.6) is 0 Å². The lowest BCUT2D eigenvalue weighted by molar-refractivity contribution is 0.0645. The van der Waals surface area contributed by atoms with Crippen molar-refractivity contribution in [3.63, 3.8) is 0 Å². The molecule has 6 heteroatoms. The van der Waals surface area contributed by atoms with E-state index in [1.807, 2.05) is 71.6 Å². The van der Waals surface area contributed by atoms with E-state index < -0.39 is 0 Å². The number of pyridine rings is 1. The molecule has 2 aromatic carbocycles. The first-order valence-electron chi connectivity index (χ1n) is 10.7. The number of hydrogen-bond donors (Lipinski definition) is 0. The maximum atomic E-state index is 13.7. The number of rotatable bonds is 4. The van der Waals surface area contributed by atoms with Crippen molar-refractivity contribution in [3.8, 4) is 22.5 Å². The summed E-state index contributed by atoms with van der Waals surface area (Å²) < 4.78 is 5.64. The van der Waals surface area contributed by atoms with Gasteiger partial charge in [0.1, 0.15) is 5.69 Å². The quantitative estimate of drug-likeness (QED) is 0.499.